The molecule has 1 aromatic heterocycles. The van der Waals surface area contributed by atoms with E-state index in [4.69, 9.17) is 23.2 Å². The smallest absolute Gasteiger partial charge is 0.164 e. The first-order valence-corrected chi connectivity index (χ1v) is 4.59. The van der Waals surface area contributed by atoms with Gasteiger partial charge >= 0.3 is 0 Å². The van der Waals surface area contributed by atoms with Crippen molar-refractivity contribution in [1.82, 2.24) is 4.98 Å². The minimum Gasteiger partial charge on any atom is -0.294 e. The summed E-state index contributed by atoms with van der Waals surface area (Å²) in [6, 6.07) is 1.53. The first-order chi connectivity index (χ1) is 5.52. The zero-order valence-electron chi connectivity index (χ0n) is 6.07. The van der Waals surface area contributed by atoms with Crippen LogP contribution in [0, 0.1) is 0 Å². The fraction of sp³-hybridized carbons (Fsp3) is 0.143. The van der Waals surface area contributed by atoms with Gasteiger partial charge in [-0.15, -0.1) is 0 Å². The first-order valence-electron chi connectivity index (χ1n) is 3.05. The van der Waals surface area contributed by atoms with E-state index in [9.17, 15) is 4.79 Å². The molecule has 0 bridgehead atoms. The Balaban J connectivity index is 3.38. The van der Waals surface area contributed by atoms with E-state index in [0.29, 0.717) is 10.0 Å². The fourth-order valence-corrected chi connectivity index (χ4v) is 2.26. The minimum absolute atomic E-state index is 0.127. The predicted molar refractivity (Wildman–Crippen MR) is 52.0 cm³/mol. The number of Topliss-reactive ketones (excluding diaryl/α,β-unsaturated/α-hetero) is 1. The molecule has 1 rings (SSSR count). The number of hydrogen-bond donors (Lipinski definition) is 0. The van der Waals surface area contributed by atoms with Crippen LogP contribution in [-0.2, 0) is 0 Å². The lowest BCUT2D eigenvalue weighted by atomic mass is 10.2. The second-order valence-electron chi connectivity index (χ2n) is 2.15. The van der Waals surface area contributed by atoms with Crippen molar-refractivity contribution in [2.75, 3.05) is 0 Å². The van der Waals surface area contributed by atoms with Crippen LogP contribution in [0.3, 0.4) is 0 Å². The van der Waals surface area contributed by atoms with E-state index in [0.717, 1.165) is 0 Å². The summed E-state index contributed by atoms with van der Waals surface area (Å²) in [5, 5.41) is 0.388. The van der Waals surface area contributed by atoms with Crippen molar-refractivity contribution in [2.24, 2.45) is 0 Å². The van der Waals surface area contributed by atoms with Crippen LogP contribution in [0.2, 0.25) is 10.3 Å². The highest BCUT2D eigenvalue weighted by atomic mass is 79.9. The van der Waals surface area contributed by atoms with Crippen LogP contribution in [0.15, 0.2) is 10.5 Å². The van der Waals surface area contributed by atoms with Gasteiger partial charge in [-0.25, -0.2) is 4.98 Å². The van der Waals surface area contributed by atoms with Crippen molar-refractivity contribution in [2.45, 2.75) is 6.92 Å². The van der Waals surface area contributed by atoms with Crippen molar-refractivity contribution >= 4 is 44.9 Å². The molecule has 0 aliphatic heterocycles. The number of ketones is 1. The molecule has 0 aromatic carbocycles. The summed E-state index contributed by atoms with van der Waals surface area (Å²) in [5.41, 5.74) is 0.362. The van der Waals surface area contributed by atoms with Crippen molar-refractivity contribution in [1.29, 1.82) is 0 Å². The summed E-state index contributed by atoms with van der Waals surface area (Å²) in [6.45, 7) is 1.42. The molecule has 0 radical (unpaired) electrons. The maximum Gasteiger partial charge on any atom is 0.164 e. The fourth-order valence-electron chi connectivity index (χ4n) is 0.771. The topological polar surface area (TPSA) is 30.0 Å². The number of rotatable bonds is 1. The summed E-state index contributed by atoms with van der Waals surface area (Å²) in [6.07, 6.45) is 0. The Kier molecular flexibility index (Phi) is 3.09. The Labute approximate surface area is 88.0 Å². The molecule has 0 N–H and O–H groups in total. The van der Waals surface area contributed by atoms with Gasteiger partial charge in [-0.05, 0) is 28.9 Å². The molecule has 0 amide bonds. The summed E-state index contributed by atoms with van der Waals surface area (Å²) >= 11 is 14.4. The van der Waals surface area contributed by atoms with Gasteiger partial charge in [-0.3, -0.25) is 4.79 Å². The lowest BCUT2D eigenvalue weighted by Crippen LogP contribution is -1.97. The third-order valence-electron chi connectivity index (χ3n) is 1.25. The monoisotopic (exact) mass is 267 g/mol. The van der Waals surface area contributed by atoms with Crippen LogP contribution in [-0.4, -0.2) is 10.8 Å². The molecule has 0 unspecified atom stereocenters. The van der Waals surface area contributed by atoms with Gasteiger partial charge in [0.25, 0.3) is 0 Å². The second-order valence-corrected chi connectivity index (χ2v) is 3.75. The summed E-state index contributed by atoms with van der Waals surface area (Å²) in [4.78, 5) is 14.7. The van der Waals surface area contributed by atoms with E-state index in [-0.39, 0.29) is 16.1 Å². The number of pyridine rings is 1. The molecule has 0 fully saturated rings. The minimum atomic E-state index is -0.143. The summed E-state index contributed by atoms with van der Waals surface area (Å²) in [7, 11) is 0. The molecule has 12 heavy (non-hydrogen) atoms. The molecule has 0 saturated carbocycles. The van der Waals surface area contributed by atoms with Gasteiger partial charge in [0.1, 0.15) is 10.3 Å². The summed E-state index contributed by atoms with van der Waals surface area (Å²) in [5.74, 6) is -0.143. The Morgan fingerprint density at radius 2 is 2.17 bits per heavy atom. The average molecular weight is 269 g/mol. The van der Waals surface area contributed by atoms with Gasteiger partial charge in [0.05, 0.1) is 5.56 Å². The highest BCUT2D eigenvalue weighted by molar-refractivity contribution is 9.10. The lowest BCUT2D eigenvalue weighted by Gasteiger charge is -2.01. The highest BCUT2D eigenvalue weighted by Gasteiger charge is 2.12. The second kappa shape index (κ2) is 3.73. The lowest BCUT2D eigenvalue weighted by molar-refractivity contribution is 0.101. The molecule has 5 heteroatoms. The Morgan fingerprint density at radius 1 is 1.58 bits per heavy atom. The average Bonchev–Trinajstić information content (AvgIpc) is 1.82. The zero-order chi connectivity index (χ0) is 9.30. The van der Waals surface area contributed by atoms with Crippen LogP contribution < -0.4 is 0 Å². The molecule has 64 valence electrons. The molecule has 0 spiro atoms. The van der Waals surface area contributed by atoms with Crippen LogP contribution in [0.1, 0.15) is 17.3 Å². The van der Waals surface area contributed by atoms with Gasteiger partial charge < -0.3 is 0 Å². The number of hydrogen-bond acceptors (Lipinski definition) is 2. The molecular formula is C7H4BrCl2NO. The molecule has 0 atom stereocenters. The summed E-state index contributed by atoms with van der Waals surface area (Å²) < 4.78 is 0.569. The SMILES string of the molecule is CC(=O)c1c(Br)cc(Cl)nc1Cl. The van der Waals surface area contributed by atoms with E-state index in [1.54, 1.807) is 0 Å². The molecule has 1 heterocycles. The van der Waals surface area contributed by atoms with Crippen molar-refractivity contribution in [3.05, 3.63) is 26.4 Å². The quantitative estimate of drug-likeness (QED) is 0.578. The third-order valence-corrected chi connectivity index (χ3v) is 2.34. The van der Waals surface area contributed by atoms with E-state index < -0.39 is 0 Å². The molecule has 2 nitrogen and oxygen atoms in total. The standard InChI is InChI=1S/C7H4BrCl2NO/c1-3(12)6-4(8)2-5(9)11-7(6)10/h2H,1H3. The Bertz CT molecular complexity index is 317. The van der Waals surface area contributed by atoms with Gasteiger partial charge in [0.15, 0.2) is 5.78 Å². The van der Waals surface area contributed by atoms with E-state index in [2.05, 4.69) is 20.9 Å². The largest absolute Gasteiger partial charge is 0.294 e. The van der Waals surface area contributed by atoms with Gasteiger partial charge in [0.2, 0.25) is 0 Å². The zero-order valence-corrected chi connectivity index (χ0v) is 9.16. The number of halogens is 3. The number of carbonyl (C=O) groups excluding carboxylic acids is 1. The molecular weight excluding hydrogens is 265 g/mol. The Hall–Kier alpha value is -0.120. The molecule has 0 saturated heterocycles. The maximum atomic E-state index is 11.0. The number of aromatic nitrogens is 1. The van der Waals surface area contributed by atoms with Crippen LogP contribution in [0.25, 0.3) is 0 Å². The van der Waals surface area contributed by atoms with Crippen molar-refractivity contribution < 1.29 is 4.79 Å². The van der Waals surface area contributed by atoms with Gasteiger partial charge in [-0.1, -0.05) is 23.2 Å². The van der Waals surface area contributed by atoms with E-state index >= 15 is 0 Å². The molecule has 0 aliphatic rings. The Morgan fingerprint density at radius 3 is 2.58 bits per heavy atom. The van der Waals surface area contributed by atoms with Crippen molar-refractivity contribution in [3.8, 4) is 0 Å². The first kappa shape index (κ1) is 9.96. The van der Waals surface area contributed by atoms with Crippen LogP contribution in [0.5, 0.6) is 0 Å². The number of carbonyl (C=O) groups is 1. The predicted octanol–water partition coefficient (Wildman–Crippen LogP) is 3.35. The normalized spacial score (nSPS) is 10.0. The number of nitrogens with zero attached hydrogens (tertiary/aromatic N) is 1. The van der Waals surface area contributed by atoms with Crippen LogP contribution >= 0.6 is 39.1 Å². The van der Waals surface area contributed by atoms with Crippen molar-refractivity contribution in [3.63, 3.8) is 0 Å². The third kappa shape index (κ3) is 1.97. The van der Waals surface area contributed by atoms with Gasteiger partial charge in [-0.2, -0.15) is 0 Å². The molecule has 1 aromatic rings. The van der Waals surface area contributed by atoms with Gasteiger partial charge in [0, 0.05) is 4.47 Å². The van der Waals surface area contributed by atoms with E-state index in [1.807, 2.05) is 0 Å². The van der Waals surface area contributed by atoms with Crippen LogP contribution in [0.4, 0.5) is 0 Å². The molecule has 0 aliphatic carbocycles. The highest BCUT2D eigenvalue weighted by Crippen LogP contribution is 2.26. The maximum absolute atomic E-state index is 11.0. The van der Waals surface area contributed by atoms with E-state index in [1.165, 1.54) is 13.0 Å².